The highest BCUT2D eigenvalue weighted by molar-refractivity contribution is 6.18. The number of carboxylic acid groups (broad SMARTS) is 1. The van der Waals surface area contributed by atoms with Crippen LogP contribution in [0, 0.1) is 0 Å². The van der Waals surface area contributed by atoms with E-state index in [1.165, 1.54) is 0 Å². The number of carbonyl (C=O) groups is 1. The molecule has 0 amide bonds. The van der Waals surface area contributed by atoms with Crippen LogP contribution in [-0.2, 0) is 14.3 Å². The molecule has 2 atom stereocenters. The van der Waals surface area contributed by atoms with Crippen molar-refractivity contribution in [2.45, 2.75) is 44.5 Å². The van der Waals surface area contributed by atoms with Crippen LogP contribution in [0.25, 0.3) is 0 Å². The molecule has 0 aliphatic carbocycles. The maximum atomic E-state index is 11.2. The van der Waals surface area contributed by atoms with Gasteiger partial charge in [-0.25, -0.2) is 4.79 Å². The fourth-order valence-electron chi connectivity index (χ4n) is 2.09. The van der Waals surface area contributed by atoms with Gasteiger partial charge in [-0.05, 0) is 13.8 Å². The first-order valence-electron chi connectivity index (χ1n) is 5.09. The molecule has 1 rings (SSSR count). The fourth-order valence-corrected chi connectivity index (χ4v) is 2.17. The molecule has 0 aromatic heterocycles. The predicted molar refractivity (Wildman–Crippen MR) is 56.3 cm³/mol. The largest absolute Gasteiger partial charge is 0.479 e. The van der Waals surface area contributed by atoms with E-state index >= 15 is 0 Å². The Morgan fingerprint density at radius 1 is 1.53 bits per heavy atom. The van der Waals surface area contributed by atoms with E-state index in [9.17, 15) is 9.90 Å². The zero-order valence-electron chi connectivity index (χ0n) is 9.03. The van der Waals surface area contributed by atoms with Gasteiger partial charge in [-0.3, -0.25) is 0 Å². The van der Waals surface area contributed by atoms with E-state index in [2.05, 4.69) is 0 Å². The summed E-state index contributed by atoms with van der Waals surface area (Å²) < 4.78 is 10.9. The summed E-state index contributed by atoms with van der Waals surface area (Å²) in [5.74, 6) is -0.617. The number of rotatable bonds is 4. The number of halogens is 1. The highest BCUT2D eigenvalue weighted by atomic mass is 35.5. The molecule has 1 aliphatic heterocycles. The van der Waals surface area contributed by atoms with Crippen LogP contribution in [0.2, 0.25) is 0 Å². The van der Waals surface area contributed by atoms with Crippen molar-refractivity contribution in [3.8, 4) is 0 Å². The lowest BCUT2D eigenvalue weighted by Gasteiger charge is -2.39. The predicted octanol–water partition coefficient (Wildman–Crippen LogP) is 1.65. The molecule has 88 valence electrons. The summed E-state index contributed by atoms with van der Waals surface area (Å²) in [7, 11) is 0. The summed E-state index contributed by atoms with van der Waals surface area (Å²) in [4.78, 5) is 11.2. The summed E-state index contributed by atoms with van der Waals surface area (Å²) >= 11 is 5.51. The van der Waals surface area contributed by atoms with E-state index in [-0.39, 0.29) is 18.8 Å². The Morgan fingerprint density at radius 3 is 2.47 bits per heavy atom. The normalized spacial score (nSPS) is 36.5. The van der Waals surface area contributed by atoms with Crippen molar-refractivity contribution < 1.29 is 19.4 Å². The van der Waals surface area contributed by atoms with E-state index in [1.54, 1.807) is 0 Å². The lowest BCUT2D eigenvalue weighted by molar-refractivity contribution is -0.193. The first-order valence-corrected chi connectivity index (χ1v) is 5.62. The molecule has 1 N–H and O–H groups in total. The third kappa shape index (κ3) is 3.06. The molecule has 0 saturated carbocycles. The van der Waals surface area contributed by atoms with Crippen LogP contribution in [0.5, 0.6) is 0 Å². The molecule has 1 fully saturated rings. The van der Waals surface area contributed by atoms with Crippen LogP contribution >= 0.6 is 11.6 Å². The maximum absolute atomic E-state index is 11.2. The van der Waals surface area contributed by atoms with Gasteiger partial charge >= 0.3 is 5.97 Å². The average molecular weight is 237 g/mol. The highest BCUT2D eigenvalue weighted by Crippen LogP contribution is 2.32. The van der Waals surface area contributed by atoms with Gasteiger partial charge in [-0.15, -0.1) is 11.6 Å². The lowest BCUT2D eigenvalue weighted by atomic mass is 9.87. The van der Waals surface area contributed by atoms with Gasteiger partial charge in [0.2, 0.25) is 0 Å². The van der Waals surface area contributed by atoms with E-state index in [0.717, 1.165) is 0 Å². The molecule has 1 saturated heterocycles. The summed E-state index contributed by atoms with van der Waals surface area (Å²) in [6.45, 7) is 3.97. The van der Waals surface area contributed by atoms with Crippen molar-refractivity contribution in [2.75, 3.05) is 12.5 Å². The number of carboxylic acids is 1. The third-order valence-electron chi connectivity index (χ3n) is 2.54. The summed E-state index contributed by atoms with van der Waals surface area (Å²) in [5.41, 5.74) is -1.12. The van der Waals surface area contributed by atoms with Gasteiger partial charge in [0.15, 0.2) is 5.60 Å². The summed E-state index contributed by atoms with van der Waals surface area (Å²) in [5, 5.41) is 9.23. The average Bonchev–Trinajstić information content (AvgIpc) is 2.13. The second-order valence-electron chi connectivity index (χ2n) is 4.00. The monoisotopic (exact) mass is 236 g/mol. The minimum Gasteiger partial charge on any atom is -0.479 e. The summed E-state index contributed by atoms with van der Waals surface area (Å²) in [6.07, 6.45) is 0.563. The quantitative estimate of drug-likeness (QED) is 0.755. The van der Waals surface area contributed by atoms with Crippen molar-refractivity contribution in [2.24, 2.45) is 0 Å². The van der Waals surface area contributed by atoms with Crippen LogP contribution in [0.4, 0.5) is 0 Å². The zero-order valence-corrected chi connectivity index (χ0v) is 9.79. The molecule has 1 aliphatic rings. The van der Waals surface area contributed by atoms with Crippen LogP contribution in [0.15, 0.2) is 0 Å². The number of hydrogen-bond acceptors (Lipinski definition) is 3. The van der Waals surface area contributed by atoms with Gasteiger partial charge in [-0.2, -0.15) is 0 Å². The van der Waals surface area contributed by atoms with Crippen LogP contribution in [0.3, 0.4) is 0 Å². The number of aliphatic carboxylic acids is 1. The van der Waals surface area contributed by atoms with Crippen molar-refractivity contribution in [1.82, 2.24) is 0 Å². The standard InChI is InChI=1S/C10H17ClO4/c1-7-5-10(9(12)13,14-4-3-11)6-8(2)15-7/h7-8H,3-6H2,1-2H3,(H,12,13). The molecule has 1 heterocycles. The van der Waals surface area contributed by atoms with Crippen molar-refractivity contribution >= 4 is 17.6 Å². The maximum Gasteiger partial charge on any atom is 0.336 e. The molecule has 0 spiro atoms. The van der Waals surface area contributed by atoms with Gasteiger partial charge in [0.1, 0.15) is 0 Å². The van der Waals surface area contributed by atoms with Crippen molar-refractivity contribution in [3.05, 3.63) is 0 Å². The van der Waals surface area contributed by atoms with Gasteiger partial charge in [0, 0.05) is 18.7 Å². The first kappa shape index (κ1) is 12.7. The SMILES string of the molecule is CC1CC(OCCCl)(C(=O)O)CC(C)O1. The Labute approximate surface area is 94.5 Å². The van der Waals surface area contributed by atoms with Gasteiger partial charge < -0.3 is 14.6 Å². The molecule has 0 radical (unpaired) electrons. The van der Waals surface area contributed by atoms with Crippen molar-refractivity contribution in [3.63, 3.8) is 0 Å². The second-order valence-corrected chi connectivity index (χ2v) is 4.38. The number of ether oxygens (including phenoxy) is 2. The number of hydrogen-bond donors (Lipinski definition) is 1. The molecular formula is C10H17ClO4. The Kier molecular flexibility index (Phi) is 4.37. The minimum absolute atomic E-state index is 0.0971. The number of alkyl halides is 1. The molecule has 5 heteroatoms. The molecule has 2 unspecified atom stereocenters. The Hall–Kier alpha value is -0.320. The van der Waals surface area contributed by atoms with Crippen LogP contribution in [-0.4, -0.2) is 41.4 Å². The molecule has 4 nitrogen and oxygen atoms in total. The van der Waals surface area contributed by atoms with Crippen LogP contribution in [0.1, 0.15) is 26.7 Å². The fraction of sp³-hybridized carbons (Fsp3) is 0.900. The van der Waals surface area contributed by atoms with Gasteiger partial charge in [-0.1, -0.05) is 0 Å². The highest BCUT2D eigenvalue weighted by Gasteiger charge is 2.46. The Morgan fingerprint density at radius 2 is 2.07 bits per heavy atom. The molecule has 0 aromatic rings. The first-order chi connectivity index (χ1) is 7.00. The molecule has 0 bridgehead atoms. The second kappa shape index (κ2) is 5.14. The summed E-state index contributed by atoms with van der Waals surface area (Å²) in [6, 6.07) is 0. The molecule has 15 heavy (non-hydrogen) atoms. The van der Waals surface area contributed by atoms with Crippen molar-refractivity contribution in [1.29, 1.82) is 0 Å². The lowest BCUT2D eigenvalue weighted by Crippen LogP contribution is -2.51. The molecular weight excluding hydrogens is 220 g/mol. The van der Waals surface area contributed by atoms with E-state index in [0.29, 0.717) is 18.7 Å². The van der Waals surface area contributed by atoms with Gasteiger partial charge in [0.25, 0.3) is 0 Å². The smallest absolute Gasteiger partial charge is 0.336 e. The zero-order chi connectivity index (χ0) is 11.5. The van der Waals surface area contributed by atoms with E-state index < -0.39 is 11.6 Å². The Bertz CT molecular complexity index is 221. The topological polar surface area (TPSA) is 55.8 Å². The van der Waals surface area contributed by atoms with E-state index in [1.807, 2.05) is 13.8 Å². The van der Waals surface area contributed by atoms with Gasteiger partial charge in [0.05, 0.1) is 18.8 Å². The third-order valence-corrected chi connectivity index (χ3v) is 2.70. The minimum atomic E-state index is -1.12. The Balaban J connectivity index is 2.74. The molecule has 0 aromatic carbocycles. The van der Waals surface area contributed by atoms with Crippen LogP contribution < -0.4 is 0 Å². The van der Waals surface area contributed by atoms with E-state index in [4.69, 9.17) is 21.1 Å².